The number of nitrogens with two attached hydrogens (primary N) is 1. The van der Waals surface area contributed by atoms with Gasteiger partial charge in [-0.25, -0.2) is 0 Å². The van der Waals surface area contributed by atoms with Gasteiger partial charge in [0.1, 0.15) is 5.75 Å². The maximum absolute atomic E-state index is 6.25. The lowest BCUT2D eigenvalue weighted by Gasteiger charge is -2.29. The average Bonchev–Trinajstić information content (AvgIpc) is 2.39. The van der Waals surface area contributed by atoms with E-state index in [2.05, 4.69) is 4.90 Å². The van der Waals surface area contributed by atoms with Crippen molar-refractivity contribution < 1.29 is 4.74 Å². The lowest BCUT2D eigenvalue weighted by Crippen LogP contribution is -2.36. The number of methoxy groups -OCH3 is 1. The molecule has 0 radical (unpaired) electrons. The molecule has 0 aromatic heterocycles. The van der Waals surface area contributed by atoms with Crippen LogP contribution in [0.4, 0.5) is 0 Å². The van der Waals surface area contributed by atoms with E-state index in [1.807, 2.05) is 18.2 Å². The van der Waals surface area contributed by atoms with Crippen molar-refractivity contribution in [2.24, 2.45) is 5.73 Å². The molecule has 4 heteroatoms. The van der Waals surface area contributed by atoms with Crippen LogP contribution in [0.2, 0.25) is 5.02 Å². The number of ether oxygens (including phenoxy) is 1. The van der Waals surface area contributed by atoms with E-state index in [-0.39, 0.29) is 6.04 Å². The van der Waals surface area contributed by atoms with Gasteiger partial charge in [0.15, 0.2) is 0 Å². The molecule has 1 aliphatic heterocycles. The zero-order valence-corrected chi connectivity index (χ0v) is 11.6. The predicted octanol–water partition coefficient (Wildman–Crippen LogP) is 2.83. The number of benzene rings is 1. The lowest BCUT2D eigenvalue weighted by atomic mass is 10.0. The summed E-state index contributed by atoms with van der Waals surface area (Å²) >= 11 is 6.24. The van der Waals surface area contributed by atoms with Crippen molar-refractivity contribution in [3.05, 3.63) is 28.8 Å². The Morgan fingerprint density at radius 2 is 2.06 bits per heavy atom. The molecule has 1 aromatic rings. The number of hydrogen-bond acceptors (Lipinski definition) is 3. The van der Waals surface area contributed by atoms with Crippen LogP contribution >= 0.6 is 11.6 Å². The van der Waals surface area contributed by atoms with Crippen molar-refractivity contribution in [2.75, 3.05) is 26.7 Å². The maximum atomic E-state index is 6.25. The summed E-state index contributed by atoms with van der Waals surface area (Å²) in [5.74, 6) is 0.772. The Kier molecular flexibility index (Phi) is 4.87. The smallest absolute Gasteiger partial charge is 0.120 e. The molecule has 1 aliphatic rings. The van der Waals surface area contributed by atoms with E-state index in [0.29, 0.717) is 5.02 Å². The number of hydrogen-bond donors (Lipinski definition) is 1. The maximum Gasteiger partial charge on any atom is 0.120 e. The van der Waals surface area contributed by atoms with Crippen molar-refractivity contribution in [3.8, 4) is 5.75 Å². The fraction of sp³-hybridized carbons (Fsp3) is 0.571. The van der Waals surface area contributed by atoms with E-state index in [0.717, 1.165) is 30.9 Å². The third-order valence-electron chi connectivity index (χ3n) is 3.51. The van der Waals surface area contributed by atoms with Gasteiger partial charge >= 0.3 is 0 Å². The van der Waals surface area contributed by atoms with Gasteiger partial charge in [0.05, 0.1) is 7.11 Å². The second-order valence-corrected chi connectivity index (χ2v) is 5.26. The standard InChI is InChI=1S/C14H21ClN2O/c1-18-11-5-6-12(13(15)9-11)14(16)10-17-7-3-2-4-8-17/h5-6,9,14H,2-4,7-8,10,16H2,1H3. The van der Waals surface area contributed by atoms with Crippen LogP contribution in [0.1, 0.15) is 30.9 Å². The summed E-state index contributed by atoms with van der Waals surface area (Å²) < 4.78 is 5.14. The second kappa shape index (κ2) is 6.41. The fourth-order valence-corrected chi connectivity index (χ4v) is 2.76. The summed E-state index contributed by atoms with van der Waals surface area (Å²) in [4.78, 5) is 2.43. The minimum atomic E-state index is -0.0264. The monoisotopic (exact) mass is 268 g/mol. The highest BCUT2D eigenvalue weighted by Gasteiger charge is 2.17. The average molecular weight is 269 g/mol. The van der Waals surface area contributed by atoms with Gasteiger partial charge in [0, 0.05) is 17.6 Å². The molecule has 0 amide bonds. The Balaban J connectivity index is 2.01. The molecule has 1 unspecified atom stereocenters. The number of piperidine rings is 1. The first kappa shape index (κ1) is 13.7. The van der Waals surface area contributed by atoms with Crippen molar-refractivity contribution in [1.82, 2.24) is 4.90 Å². The molecule has 0 saturated carbocycles. The molecule has 1 aromatic carbocycles. The highest BCUT2D eigenvalue weighted by molar-refractivity contribution is 6.31. The van der Waals surface area contributed by atoms with Gasteiger partial charge in [-0.3, -0.25) is 0 Å². The molecular formula is C14H21ClN2O. The molecule has 0 bridgehead atoms. The van der Waals surface area contributed by atoms with Crippen LogP contribution in [0.25, 0.3) is 0 Å². The molecule has 2 N–H and O–H groups in total. The van der Waals surface area contributed by atoms with Crippen molar-refractivity contribution in [1.29, 1.82) is 0 Å². The molecule has 18 heavy (non-hydrogen) atoms. The van der Waals surface area contributed by atoms with Crippen LogP contribution < -0.4 is 10.5 Å². The molecule has 1 saturated heterocycles. The van der Waals surface area contributed by atoms with E-state index in [1.54, 1.807) is 7.11 Å². The molecule has 3 nitrogen and oxygen atoms in total. The lowest BCUT2D eigenvalue weighted by molar-refractivity contribution is 0.216. The van der Waals surface area contributed by atoms with Crippen LogP contribution in [-0.4, -0.2) is 31.6 Å². The normalized spacial score (nSPS) is 18.6. The molecule has 1 fully saturated rings. The third kappa shape index (κ3) is 3.37. The number of rotatable bonds is 4. The van der Waals surface area contributed by atoms with Crippen LogP contribution in [0.15, 0.2) is 18.2 Å². The molecule has 1 atom stereocenters. The van der Waals surface area contributed by atoms with Crippen molar-refractivity contribution >= 4 is 11.6 Å². The number of likely N-dealkylation sites (tertiary alicyclic amines) is 1. The number of nitrogens with zero attached hydrogens (tertiary/aromatic N) is 1. The first-order valence-electron chi connectivity index (χ1n) is 6.52. The molecule has 1 heterocycles. The molecule has 0 spiro atoms. The highest BCUT2D eigenvalue weighted by atomic mass is 35.5. The Hall–Kier alpha value is -0.770. The first-order valence-corrected chi connectivity index (χ1v) is 6.90. The molecule has 0 aliphatic carbocycles. The summed E-state index contributed by atoms with van der Waals surface area (Å²) in [6.07, 6.45) is 3.90. The van der Waals surface area contributed by atoms with Gasteiger partial charge in [0.25, 0.3) is 0 Å². The fourth-order valence-electron chi connectivity index (χ4n) is 2.45. The van der Waals surface area contributed by atoms with Gasteiger partial charge in [-0.2, -0.15) is 0 Å². The Labute approximate surface area is 114 Å². The topological polar surface area (TPSA) is 38.5 Å². The van der Waals surface area contributed by atoms with Gasteiger partial charge < -0.3 is 15.4 Å². The van der Waals surface area contributed by atoms with Gasteiger partial charge in [-0.05, 0) is 43.6 Å². The zero-order valence-electron chi connectivity index (χ0n) is 10.9. The summed E-state index contributed by atoms with van der Waals surface area (Å²) in [5, 5.41) is 0.693. The van der Waals surface area contributed by atoms with Crippen molar-refractivity contribution in [2.45, 2.75) is 25.3 Å². The zero-order chi connectivity index (χ0) is 13.0. The summed E-state index contributed by atoms with van der Waals surface area (Å²) in [6.45, 7) is 3.19. The van der Waals surface area contributed by atoms with Gasteiger partial charge in [-0.1, -0.05) is 24.1 Å². The predicted molar refractivity (Wildman–Crippen MR) is 75.2 cm³/mol. The van der Waals surface area contributed by atoms with Crippen molar-refractivity contribution in [3.63, 3.8) is 0 Å². The van der Waals surface area contributed by atoms with Gasteiger partial charge in [-0.15, -0.1) is 0 Å². The van der Waals surface area contributed by atoms with Crippen LogP contribution in [-0.2, 0) is 0 Å². The van der Waals surface area contributed by atoms with E-state index in [1.165, 1.54) is 19.3 Å². The minimum absolute atomic E-state index is 0.0264. The summed E-state index contributed by atoms with van der Waals surface area (Å²) in [5.41, 5.74) is 7.25. The Morgan fingerprint density at radius 1 is 1.33 bits per heavy atom. The molecule has 100 valence electrons. The minimum Gasteiger partial charge on any atom is -0.497 e. The van der Waals surface area contributed by atoms with Crippen LogP contribution in [0.3, 0.4) is 0 Å². The Bertz CT molecular complexity index is 391. The third-order valence-corrected chi connectivity index (χ3v) is 3.84. The summed E-state index contributed by atoms with van der Waals surface area (Å²) in [6, 6.07) is 5.68. The summed E-state index contributed by atoms with van der Waals surface area (Å²) in [7, 11) is 1.64. The highest BCUT2D eigenvalue weighted by Crippen LogP contribution is 2.27. The molecular weight excluding hydrogens is 248 g/mol. The van der Waals surface area contributed by atoms with Crippen LogP contribution in [0.5, 0.6) is 5.75 Å². The number of halogens is 1. The van der Waals surface area contributed by atoms with Gasteiger partial charge in [0.2, 0.25) is 0 Å². The van der Waals surface area contributed by atoms with E-state index in [9.17, 15) is 0 Å². The van der Waals surface area contributed by atoms with E-state index < -0.39 is 0 Å². The van der Waals surface area contributed by atoms with E-state index >= 15 is 0 Å². The molecule has 2 rings (SSSR count). The van der Waals surface area contributed by atoms with Crippen LogP contribution in [0, 0.1) is 0 Å². The quantitative estimate of drug-likeness (QED) is 0.913. The SMILES string of the molecule is COc1ccc(C(N)CN2CCCCC2)c(Cl)c1. The first-order chi connectivity index (χ1) is 8.70. The second-order valence-electron chi connectivity index (χ2n) is 4.86. The largest absolute Gasteiger partial charge is 0.497 e. The van der Waals surface area contributed by atoms with E-state index in [4.69, 9.17) is 22.1 Å². The Morgan fingerprint density at radius 3 is 2.67 bits per heavy atom.